The monoisotopic (exact) mass is 262 g/mol. The van der Waals surface area contributed by atoms with Crippen molar-refractivity contribution in [3.63, 3.8) is 0 Å². The van der Waals surface area contributed by atoms with E-state index in [2.05, 4.69) is 5.32 Å². The van der Waals surface area contributed by atoms with Crippen molar-refractivity contribution in [2.75, 3.05) is 26.0 Å². The molecule has 0 spiro atoms. The molecule has 0 aromatic heterocycles. The number of nitrogens with zero attached hydrogens (tertiary/aromatic N) is 1. The fraction of sp³-hybridized carbons (Fsp3) is 0.429. The normalized spacial score (nSPS) is 15.2. The highest BCUT2D eigenvalue weighted by Crippen LogP contribution is 2.28. The minimum Gasteiger partial charge on any atom is -0.481 e. The summed E-state index contributed by atoms with van der Waals surface area (Å²) in [6, 6.07) is 5.42. The predicted molar refractivity (Wildman–Crippen MR) is 72.3 cm³/mol. The largest absolute Gasteiger partial charge is 0.481 e. The van der Waals surface area contributed by atoms with Gasteiger partial charge in [0.05, 0.1) is 12.3 Å². The van der Waals surface area contributed by atoms with Crippen molar-refractivity contribution in [3.05, 3.63) is 29.3 Å². The summed E-state index contributed by atoms with van der Waals surface area (Å²) in [6.07, 6.45) is 0.895. The Hall–Kier alpha value is -1.88. The van der Waals surface area contributed by atoms with Gasteiger partial charge in [0.2, 0.25) is 5.91 Å². The number of carbonyl (C=O) groups is 2. The van der Waals surface area contributed by atoms with E-state index in [-0.39, 0.29) is 5.91 Å². The summed E-state index contributed by atoms with van der Waals surface area (Å²) in [4.78, 5) is 24.6. The van der Waals surface area contributed by atoms with Crippen molar-refractivity contribution in [3.8, 4) is 0 Å². The first-order chi connectivity index (χ1) is 8.97. The van der Waals surface area contributed by atoms with Crippen molar-refractivity contribution in [1.82, 2.24) is 4.90 Å². The van der Waals surface area contributed by atoms with Gasteiger partial charge in [0.25, 0.3) is 0 Å². The van der Waals surface area contributed by atoms with Crippen LogP contribution in [-0.4, -0.2) is 42.5 Å². The molecular weight excluding hydrogens is 244 g/mol. The van der Waals surface area contributed by atoms with Crippen LogP contribution in [0.5, 0.6) is 0 Å². The summed E-state index contributed by atoms with van der Waals surface area (Å²) in [5, 5.41) is 12.1. The molecule has 1 aromatic rings. The van der Waals surface area contributed by atoms with Gasteiger partial charge < -0.3 is 15.3 Å². The summed E-state index contributed by atoms with van der Waals surface area (Å²) in [6.45, 7) is 0.714. The molecule has 0 bridgehead atoms. The van der Waals surface area contributed by atoms with E-state index in [0.29, 0.717) is 19.4 Å². The van der Waals surface area contributed by atoms with Crippen molar-refractivity contribution in [1.29, 1.82) is 0 Å². The van der Waals surface area contributed by atoms with E-state index >= 15 is 0 Å². The van der Waals surface area contributed by atoms with E-state index in [9.17, 15) is 14.7 Å². The first kappa shape index (κ1) is 13.5. The third kappa shape index (κ3) is 3.12. The van der Waals surface area contributed by atoms with Crippen molar-refractivity contribution >= 4 is 17.6 Å². The van der Waals surface area contributed by atoms with Gasteiger partial charge in [-0.3, -0.25) is 9.59 Å². The summed E-state index contributed by atoms with van der Waals surface area (Å²) in [5.41, 5.74) is 2.45. The molecule has 1 amide bonds. The molecule has 1 aromatic carbocycles. The molecule has 19 heavy (non-hydrogen) atoms. The lowest BCUT2D eigenvalue weighted by Crippen LogP contribution is -2.20. The van der Waals surface area contributed by atoms with Gasteiger partial charge in [0.15, 0.2) is 0 Å². The van der Waals surface area contributed by atoms with Gasteiger partial charge in [-0.2, -0.15) is 0 Å². The Kier molecular flexibility index (Phi) is 3.85. The summed E-state index contributed by atoms with van der Waals surface area (Å²) in [5.74, 6) is -1.38. The van der Waals surface area contributed by atoms with Crippen molar-refractivity contribution in [2.45, 2.75) is 18.8 Å². The lowest BCUT2D eigenvalue weighted by molar-refractivity contribution is -0.139. The van der Waals surface area contributed by atoms with Crippen LogP contribution in [-0.2, 0) is 16.0 Å². The maximum absolute atomic E-state index is 11.4. The zero-order valence-corrected chi connectivity index (χ0v) is 11.1. The second-order valence-corrected chi connectivity index (χ2v) is 5.12. The number of carbonyl (C=O) groups excluding carboxylic acids is 1. The Morgan fingerprint density at radius 3 is 2.84 bits per heavy atom. The number of amides is 1. The van der Waals surface area contributed by atoms with Gasteiger partial charge in [-0.05, 0) is 44.3 Å². The van der Waals surface area contributed by atoms with E-state index in [0.717, 1.165) is 16.8 Å². The highest BCUT2D eigenvalue weighted by atomic mass is 16.4. The Balaban J connectivity index is 2.21. The molecule has 1 heterocycles. The van der Waals surface area contributed by atoms with Crippen LogP contribution in [0.2, 0.25) is 0 Å². The van der Waals surface area contributed by atoms with Crippen LogP contribution in [0.25, 0.3) is 0 Å². The minimum atomic E-state index is -0.820. The van der Waals surface area contributed by atoms with Gasteiger partial charge >= 0.3 is 5.97 Å². The van der Waals surface area contributed by atoms with E-state index < -0.39 is 11.9 Å². The zero-order chi connectivity index (χ0) is 14.0. The first-order valence-electron chi connectivity index (χ1n) is 6.27. The molecule has 5 nitrogen and oxygen atoms in total. The topological polar surface area (TPSA) is 69.6 Å². The van der Waals surface area contributed by atoms with Crippen molar-refractivity contribution in [2.24, 2.45) is 0 Å². The highest BCUT2D eigenvalue weighted by molar-refractivity contribution is 5.99. The summed E-state index contributed by atoms with van der Waals surface area (Å²) >= 11 is 0. The second-order valence-electron chi connectivity index (χ2n) is 5.12. The molecule has 0 fully saturated rings. The third-order valence-corrected chi connectivity index (χ3v) is 3.32. The molecule has 0 saturated carbocycles. The fourth-order valence-corrected chi connectivity index (χ4v) is 2.29. The Morgan fingerprint density at radius 1 is 1.47 bits per heavy atom. The molecule has 2 rings (SSSR count). The quantitative estimate of drug-likeness (QED) is 0.839. The molecule has 1 aliphatic heterocycles. The SMILES string of the molecule is CN(C)CCC(C(=O)O)c1ccc2c(c1)CC(=O)N2. The van der Waals surface area contributed by atoms with Crippen LogP contribution in [0.3, 0.4) is 0 Å². The predicted octanol–water partition coefficient (Wildman–Crippen LogP) is 1.30. The number of carboxylic acid groups (broad SMARTS) is 1. The zero-order valence-electron chi connectivity index (χ0n) is 11.1. The van der Waals surface area contributed by atoms with E-state index in [1.165, 1.54) is 0 Å². The highest BCUT2D eigenvalue weighted by Gasteiger charge is 2.23. The van der Waals surface area contributed by atoms with Gasteiger partial charge in [0.1, 0.15) is 0 Å². The Bertz CT molecular complexity index is 511. The Morgan fingerprint density at radius 2 is 2.21 bits per heavy atom. The molecule has 1 atom stereocenters. The maximum atomic E-state index is 11.4. The summed E-state index contributed by atoms with van der Waals surface area (Å²) in [7, 11) is 3.84. The number of carboxylic acids is 1. The number of anilines is 1. The number of nitrogens with one attached hydrogen (secondary N) is 1. The number of benzene rings is 1. The number of fused-ring (bicyclic) bond motifs is 1. The van der Waals surface area contributed by atoms with Crippen LogP contribution in [0, 0.1) is 0 Å². The lowest BCUT2D eigenvalue weighted by atomic mass is 9.93. The standard InChI is InChI=1S/C14H18N2O3/c1-16(2)6-5-11(14(18)19)9-3-4-12-10(7-9)8-13(17)15-12/h3-4,7,11H,5-6,8H2,1-2H3,(H,15,17)(H,18,19). The molecule has 1 aliphatic rings. The van der Waals surface area contributed by atoms with Gasteiger partial charge in [0, 0.05) is 5.69 Å². The van der Waals surface area contributed by atoms with Crippen LogP contribution >= 0.6 is 0 Å². The average Bonchev–Trinajstić information content (AvgIpc) is 2.67. The molecule has 2 N–H and O–H groups in total. The fourth-order valence-electron chi connectivity index (χ4n) is 2.29. The van der Waals surface area contributed by atoms with Crippen LogP contribution in [0.4, 0.5) is 5.69 Å². The van der Waals surface area contributed by atoms with Crippen LogP contribution < -0.4 is 5.32 Å². The third-order valence-electron chi connectivity index (χ3n) is 3.32. The summed E-state index contributed by atoms with van der Waals surface area (Å²) < 4.78 is 0. The van der Waals surface area contributed by atoms with Gasteiger partial charge in [-0.15, -0.1) is 0 Å². The number of rotatable bonds is 5. The molecular formula is C14H18N2O3. The molecule has 0 aliphatic carbocycles. The van der Waals surface area contributed by atoms with Crippen LogP contribution in [0.1, 0.15) is 23.5 Å². The second kappa shape index (κ2) is 5.40. The van der Waals surface area contributed by atoms with Gasteiger partial charge in [-0.1, -0.05) is 12.1 Å². The number of aliphatic carboxylic acids is 1. The number of hydrogen-bond donors (Lipinski definition) is 2. The minimum absolute atomic E-state index is 0.0349. The first-order valence-corrected chi connectivity index (χ1v) is 6.27. The maximum Gasteiger partial charge on any atom is 0.311 e. The molecule has 5 heteroatoms. The van der Waals surface area contributed by atoms with Crippen molar-refractivity contribution < 1.29 is 14.7 Å². The molecule has 0 saturated heterocycles. The van der Waals surface area contributed by atoms with E-state index in [1.807, 2.05) is 25.1 Å². The number of hydrogen-bond acceptors (Lipinski definition) is 3. The molecule has 0 radical (unpaired) electrons. The van der Waals surface area contributed by atoms with E-state index in [1.54, 1.807) is 12.1 Å². The van der Waals surface area contributed by atoms with E-state index in [4.69, 9.17) is 0 Å². The molecule has 1 unspecified atom stereocenters. The molecule has 102 valence electrons. The Labute approximate surface area is 112 Å². The smallest absolute Gasteiger partial charge is 0.311 e. The van der Waals surface area contributed by atoms with Crippen LogP contribution in [0.15, 0.2) is 18.2 Å². The lowest BCUT2D eigenvalue weighted by Gasteiger charge is -2.16. The van der Waals surface area contributed by atoms with Gasteiger partial charge in [-0.25, -0.2) is 0 Å². The average molecular weight is 262 g/mol.